The summed E-state index contributed by atoms with van der Waals surface area (Å²) < 4.78 is 87.2. The fourth-order valence-corrected chi connectivity index (χ4v) is 16.1. The summed E-state index contributed by atoms with van der Waals surface area (Å²) in [6, 6.07) is 8.45. The molecule has 3 aromatic carbocycles. The molecular weight excluding hydrogens is 1450 g/mol. The molecule has 620 valence electrons. The van der Waals surface area contributed by atoms with E-state index in [-0.39, 0.29) is 119 Å². The summed E-state index contributed by atoms with van der Waals surface area (Å²) in [5.74, 6) is 2.67. The van der Waals surface area contributed by atoms with Gasteiger partial charge in [0.1, 0.15) is 80.6 Å². The molecule has 3 saturated carbocycles. The molecule has 0 aromatic heterocycles. The van der Waals surface area contributed by atoms with Gasteiger partial charge in [0.2, 0.25) is 17.2 Å². The molecule has 0 bridgehead atoms. The number of carbonyl (C=O) groups is 6. The van der Waals surface area contributed by atoms with Crippen molar-refractivity contribution in [2.75, 3.05) is 143 Å². The van der Waals surface area contributed by atoms with Crippen molar-refractivity contribution < 1.29 is 114 Å². The number of hydrogen-bond acceptors (Lipinski definition) is 24. The minimum Gasteiger partial charge on any atom is -0.624 e. The number of ether oxygens (including phenoxy) is 15. The zero-order chi connectivity index (χ0) is 82.1. The van der Waals surface area contributed by atoms with Crippen LogP contribution in [-0.2, 0) is 28.4 Å². The summed E-state index contributed by atoms with van der Waals surface area (Å²) in [4.78, 5) is 82.0. The third-order valence-electron chi connectivity index (χ3n) is 19.7. The molecule has 0 saturated heterocycles. The minimum absolute atomic E-state index is 0.0470. The van der Waals surface area contributed by atoms with Gasteiger partial charge in [-0.05, 0) is 133 Å². The summed E-state index contributed by atoms with van der Waals surface area (Å²) in [5.41, 5.74) is -2.18. The molecular formula is C78H119N9O24. The smallest absolute Gasteiger partial charge is 0.407 e. The Morgan fingerprint density at radius 2 is 0.622 bits per heavy atom. The molecule has 3 aliphatic rings. The molecule has 0 spiro atoms. The Labute approximate surface area is 651 Å². The molecule has 3 aliphatic carbocycles. The van der Waals surface area contributed by atoms with E-state index in [2.05, 4.69) is 73.4 Å². The van der Waals surface area contributed by atoms with Gasteiger partial charge in [0.05, 0.1) is 48.1 Å². The quantitative estimate of drug-likeness (QED) is 0.00780. The number of nitrogens with zero attached hydrogens (tertiary/aromatic N) is 3. The number of hydroxylamine groups is 3. The van der Waals surface area contributed by atoms with Crippen LogP contribution in [0.15, 0.2) is 36.4 Å². The van der Waals surface area contributed by atoms with Crippen molar-refractivity contribution in [3.63, 3.8) is 0 Å². The molecule has 0 radical (unpaired) electrons. The zero-order valence-electron chi connectivity index (χ0n) is 68.1. The van der Waals surface area contributed by atoms with Crippen molar-refractivity contribution in [1.82, 2.24) is 31.9 Å². The minimum atomic E-state index is -1.28. The molecule has 0 heterocycles. The Bertz CT molecular complexity index is 3290. The Kier molecular flexibility index (Phi) is 32.5. The van der Waals surface area contributed by atoms with Gasteiger partial charge in [0.25, 0.3) is 0 Å². The first kappa shape index (κ1) is 89.8. The summed E-state index contributed by atoms with van der Waals surface area (Å²) in [6.45, 7) is 19.4. The van der Waals surface area contributed by atoms with Crippen LogP contribution in [0.4, 0.5) is 28.8 Å². The summed E-state index contributed by atoms with van der Waals surface area (Å²) >= 11 is 0. The average Bonchev–Trinajstić information content (AvgIpc) is 0.807. The number of carbonyl (C=O) groups excluding carboxylic acids is 6. The van der Waals surface area contributed by atoms with Gasteiger partial charge >= 0.3 is 36.6 Å². The van der Waals surface area contributed by atoms with E-state index in [1.807, 2.05) is 20.8 Å². The molecule has 3 fully saturated rings. The maximum atomic E-state index is 14.2. The molecule has 33 heteroatoms. The van der Waals surface area contributed by atoms with E-state index in [0.717, 1.165) is 0 Å². The van der Waals surface area contributed by atoms with Crippen molar-refractivity contribution in [1.29, 1.82) is 0 Å². The standard InChI is InChI=1S/C78H119N9O24/c1-20-78(48-109-69(91)82-54-33-72(2,3)42-75(8,36-54)45-79-66(88)106-24-21-103-63-57(97-14)27-51(39-85(11)94)28-58(63)98-15,49-110-70(92)83-55-34-73(4,5)43-76(9,37-55)46-80-67(89)107-25-22-104-64-59(99-16)29-52(40-86(12)95)30-60(64)100-17)50-111-71(93)84-56-35-74(6,7)44-77(10,38-56)47-81-68(90)108-26-23-105-65-61(101-18)31-53(41-87(13)96)32-62(65)102-19/h27-32,39-41,54-56H,20-26,33-38,42-50H2,1-19H3,(H,79,88)(H,80,89)(H,81,90)(H,82,91)(H,83,92)(H,84,93)/b85-39+,86-40+,87-41+. The Balaban J connectivity index is 1.08. The lowest BCUT2D eigenvalue weighted by molar-refractivity contribution is -0.416. The molecule has 6 N–H and O–H groups in total. The van der Waals surface area contributed by atoms with Gasteiger partial charge < -0.3 is 119 Å². The van der Waals surface area contributed by atoms with Gasteiger partial charge in [-0.25, -0.2) is 43.0 Å². The van der Waals surface area contributed by atoms with E-state index in [9.17, 15) is 44.4 Å². The van der Waals surface area contributed by atoms with E-state index in [1.165, 1.54) is 82.4 Å². The van der Waals surface area contributed by atoms with Gasteiger partial charge in [-0.2, -0.15) is 0 Å². The van der Waals surface area contributed by atoms with E-state index < -0.39 is 76.3 Å². The van der Waals surface area contributed by atoms with Crippen LogP contribution in [0.25, 0.3) is 0 Å². The van der Waals surface area contributed by atoms with Gasteiger partial charge in [0.15, 0.2) is 53.1 Å². The van der Waals surface area contributed by atoms with Crippen LogP contribution in [0, 0.1) is 53.5 Å². The summed E-state index contributed by atoms with van der Waals surface area (Å²) in [6.07, 6.45) is 5.09. The normalized spacial score (nSPS) is 21.9. The molecule has 0 aliphatic heterocycles. The third kappa shape index (κ3) is 28.9. The lowest BCUT2D eigenvalue weighted by Gasteiger charge is -2.46. The Morgan fingerprint density at radius 1 is 0.387 bits per heavy atom. The van der Waals surface area contributed by atoms with Gasteiger partial charge in [-0.15, -0.1) is 0 Å². The number of nitrogens with one attached hydrogen (secondary N) is 6. The first-order valence-electron chi connectivity index (χ1n) is 37.1. The third-order valence-corrected chi connectivity index (χ3v) is 19.7. The van der Waals surface area contributed by atoms with E-state index in [1.54, 1.807) is 43.3 Å². The van der Waals surface area contributed by atoms with Crippen LogP contribution >= 0.6 is 0 Å². The van der Waals surface area contributed by atoms with E-state index in [4.69, 9.17) is 71.1 Å². The van der Waals surface area contributed by atoms with Crippen LogP contribution in [-0.4, -0.2) is 230 Å². The first-order valence-corrected chi connectivity index (χ1v) is 37.1. The summed E-state index contributed by atoms with van der Waals surface area (Å²) in [5, 5.41) is 52.9. The largest absolute Gasteiger partial charge is 0.624 e. The second-order valence-corrected chi connectivity index (χ2v) is 32.6. The van der Waals surface area contributed by atoms with Crippen LogP contribution in [0.2, 0.25) is 0 Å². The Morgan fingerprint density at radius 3 is 0.829 bits per heavy atom. The number of rotatable bonds is 37. The van der Waals surface area contributed by atoms with Crippen molar-refractivity contribution >= 4 is 55.2 Å². The maximum absolute atomic E-state index is 14.2. The summed E-state index contributed by atoms with van der Waals surface area (Å²) in [7, 11) is 12.7. The van der Waals surface area contributed by atoms with E-state index >= 15 is 0 Å². The van der Waals surface area contributed by atoms with Gasteiger partial charge in [-0.1, -0.05) is 69.2 Å². The second-order valence-electron chi connectivity index (χ2n) is 32.6. The number of benzene rings is 3. The highest BCUT2D eigenvalue weighted by atomic mass is 16.6. The highest BCUT2D eigenvalue weighted by Crippen LogP contribution is 2.49. The number of methoxy groups -OCH3 is 6. The molecule has 111 heavy (non-hydrogen) atoms. The second kappa shape index (κ2) is 40.2. The Hall–Kier alpha value is -10.1. The van der Waals surface area contributed by atoms with Crippen LogP contribution in [0.1, 0.15) is 150 Å². The molecule has 6 unspecified atom stereocenters. The fraction of sp³-hybridized carbons (Fsp3) is 0.654. The van der Waals surface area contributed by atoms with Crippen LogP contribution in [0.5, 0.6) is 51.7 Å². The van der Waals surface area contributed by atoms with Crippen molar-refractivity contribution in [3.05, 3.63) is 68.7 Å². The topological polar surface area (TPSA) is 391 Å². The molecule has 6 atom stereocenters. The first-order chi connectivity index (χ1) is 52.2. The number of hydrogen-bond donors (Lipinski definition) is 6. The predicted octanol–water partition coefficient (Wildman–Crippen LogP) is 10.5. The van der Waals surface area contributed by atoms with Gasteiger partial charge in [-0.3, -0.25) is 0 Å². The average molecular weight is 1570 g/mol. The molecule has 6 amide bonds. The lowest BCUT2D eigenvalue weighted by atomic mass is 9.62. The lowest BCUT2D eigenvalue weighted by Crippen LogP contribution is -2.52. The monoisotopic (exact) mass is 1570 g/mol. The van der Waals surface area contributed by atoms with Gasteiger partial charge in [0, 0.05) is 54.5 Å². The molecule has 3 aromatic rings. The maximum Gasteiger partial charge on any atom is 0.407 e. The number of alkyl carbamates (subject to hydrolysis) is 6. The van der Waals surface area contributed by atoms with Crippen LogP contribution in [0.3, 0.4) is 0 Å². The molecule has 6 rings (SSSR count). The SMILES string of the molecule is CCC(COC(=O)NC1CC(C)(C)CC(C)(CNC(=O)OCCOc2c(OC)cc(/C=[N+](\C)[O-])cc2OC)C1)(COC(=O)NC1CC(C)(C)CC(C)(CNC(=O)OCCOc2c(OC)cc(/C=[N+](\C)[O-])cc2OC)C1)COC(=O)NC1CC(C)(C)CC(C)(CNC(=O)OCCOc2c(OC)cc(/C=[N+](\C)[O-])cc2OC)C1. The fourth-order valence-electron chi connectivity index (χ4n) is 16.1. The van der Waals surface area contributed by atoms with Crippen LogP contribution < -0.4 is 74.5 Å². The highest BCUT2D eigenvalue weighted by Gasteiger charge is 2.46. The zero-order valence-corrected chi connectivity index (χ0v) is 68.1. The van der Waals surface area contributed by atoms with Crippen molar-refractivity contribution in [3.8, 4) is 51.7 Å². The van der Waals surface area contributed by atoms with Crippen molar-refractivity contribution in [2.45, 2.75) is 152 Å². The molecule has 33 nitrogen and oxygen atoms in total. The predicted molar refractivity (Wildman–Crippen MR) is 412 cm³/mol. The number of amides is 6. The van der Waals surface area contributed by atoms with E-state index in [0.29, 0.717) is 123 Å². The van der Waals surface area contributed by atoms with Crippen molar-refractivity contribution in [2.24, 2.45) is 37.9 Å². The highest BCUT2D eigenvalue weighted by molar-refractivity contribution is 5.81.